The molecule has 0 radical (unpaired) electrons. The first-order valence-electron chi connectivity index (χ1n) is 9.14. The molecule has 0 saturated heterocycles. The Labute approximate surface area is 145 Å². The van der Waals surface area contributed by atoms with Gasteiger partial charge in [-0.25, -0.2) is 14.8 Å². The van der Waals surface area contributed by atoms with Gasteiger partial charge in [0.15, 0.2) is 0 Å². The number of carbonyl (C=O) groups is 1. The summed E-state index contributed by atoms with van der Waals surface area (Å²) in [6.45, 7) is 11.1. The Bertz CT molecular complexity index is 558. The molecule has 5 nitrogen and oxygen atoms in total. The number of hydrogen-bond donors (Lipinski definition) is 1. The maximum atomic E-state index is 12.3. The molecule has 134 valence electrons. The molecule has 0 amide bonds. The van der Waals surface area contributed by atoms with Gasteiger partial charge in [-0.3, -0.25) is 0 Å². The maximum Gasteiger partial charge on any atom is 0.343 e. The molecule has 1 aliphatic rings. The van der Waals surface area contributed by atoms with Gasteiger partial charge in [0.25, 0.3) is 0 Å². The summed E-state index contributed by atoms with van der Waals surface area (Å²) in [6.07, 6.45) is 6.85. The number of rotatable bonds is 5. The molecule has 1 aromatic heterocycles. The molecule has 1 heterocycles. The van der Waals surface area contributed by atoms with Crippen LogP contribution in [0.1, 0.15) is 76.4 Å². The van der Waals surface area contributed by atoms with Crippen molar-refractivity contribution in [1.29, 1.82) is 0 Å². The first-order valence-corrected chi connectivity index (χ1v) is 9.14. The van der Waals surface area contributed by atoms with E-state index in [2.05, 4.69) is 36.1 Å². The van der Waals surface area contributed by atoms with Gasteiger partial charge in [-0.15, -0.1) is 0 Å². The predicted molar refractivity (Wildman–Crippen MR) is 96.2 cm³/mol. The minimum absolute atomic E-state index is 0.333. The van der Waals surface area contributed by atoms with Crippen molar-refractivity contribution in [1.82, 2.24) is 9.97 Å². The van der Waals surface area contributed by atoms with Crippen LogP contribution in [0, 0.1) is 11.3 Å². The van der Waals surface area contributed by atoms with Crippen LogP contribution in [0.3, 0.4) is 0 Å². The average Bonchev–Trinajstić information content (AvgIpc) is 2.54. The van der Waals surface area contributed by atoms with Gasteiger partial charge < -0.3 is 10.1 Å². The highest BCUT2D eigenvalue weighted by atomic mass is 16.5. The zero-order valence-electron chi connectivity index (χ0n) is 15.7. The van der Waals surface area contributed by atoms with E-state index >= 15 is 0 Å². The molecule has 0 atom stereocenters. The second-order valence-corrected chi connectivity index (χ2v) is 7.68. The summed E-state index contributed by atoms with van der Waals surface area (Å²) < 4.78 is 5.20. The molecular weight excluding hydrogens is 302 g/mol. The molecule has 1 aliphatic carbocycles. The second kappa shape index (κ2) is 7.95. The first-order chi connectivity index (χ1) is 11.4. The fraction of sp³-hybridized carbons (Fsp3) is 0.737. The van der Waals surface area contributed by atoms with Gasteiger partial charge in [-0.05, 0) is 50.4 Å². The minimum atomic E-state index is -0.333. The van der Waals surface area contributed by atoms with Crippen LogP contribution in [-0.4, -0.2) is 28.6 Å². The van der Waals surface area contributed by atoms with Crippen molar-refractivity contribution in [2.45, 2.75) is 72.8 Å². The van der Waals surface area contributed by atoms with E-state index < -0.39 is 0 Å². The van der Waals surface area contributed by atoms with Gasteiger partial charge in [0.2, 0.25) is 0 Å². The van der Waals surface area contributed by atoms with Crippen molar-refractivity contribution in [3.05, 3.63) is 17.6 Å². The Balaban J connectivity index is 2.12. The van der Waals surface area contributed by atoms with Crippen LogP contribution in [0.15, 0.2) is 6.33 Å². The van der Waals surface area contributed by atoms with Gasteiger partial charge in [-0.1, -0.05) is 27.7 Å². The highest BCUT2D eigenvalue weighted by Gasteiger charge is 2.30. The molecule has 0 spiro atoms. The third-order valence-corrected chi connectivity index (χ3v) is 5.03. The molecule has 5 heteroatoms. The van der Waals surface area contributed by atoms with Crippen LogP contribution in [0.2, 0.25) is 0 Å². The van der Waals surface area contributed by atoms with E-state index in [1.54, 1.807) is 0 Å². The Morgan fingerprint density at radius 3 is 2.42 bits per heavy atom. The van der Waals surface area contributed by atoms with Gasteiger partial charge >= 0.3 is 5.97 Å². The number of nitrogens with one attached hydrogen (secondary N) is 1. The second-order valence-electron chi connectivity index (χ2n) is 7.68. The summed E-state index contributed by atoms with van der Waals surface area (Å²) in [5, 5.41) is 3.48. The number of aryl methyl sites for hydroxylation is 1. The Morgan fingerprint density at radius 2 is 1.88 bits per heavy atom. The van der Waals surface area contributed by atoms with Crippen molar-refractivity contribution in [3.8, 4) is 0 Å². The number of nitrogens with zero attached hydrogens (tertiary/aromatic N) is 2. The number of anilines is 1. The number of aromatic nitrogens is 2. The normalized spacial score (nSPS) is 21.4. The van der Waals surface area contributed by atoms with Gasteiger partial charge in [0.1, 0.15) is 17.7 Å². The van der Waals surface area contributed by atoms with Crippen molar-refractivity contribution >= 4 is 11.8 Å². The quantitative estimate of drug-likeness (QED) is 0.817. The molecule has 0 aromatic carbocycles. The molecule has 0 unspecified atom stereocenters. The van der Waals surface area contributed by atoms with Crippen LogP contribution in [0.5, 0.6) is 0 Å². The number of hydrogen-bond acceptors (Lipinski definition) is 5. The van der Waals surface area contributed by atoms with Crippen molar-refractivity contribution < 1.29 is 9.53 Å². The molecule has 24 heavy (non-hydrogen) atoms. The largest absolute Gasteiger partial charge is 0.462 e. The van der Waals surface area contributed by atoms with Crippen molar-refractivity contribution in [3.63, 3.8) is 0 Å². The summed E-state index contributed by atoms with van der Waals surface area (Å²) in [5.74, 6) is 1.05. The lowest BCUT2D eigenvalue weighted by Gasteiger charge is -2.37. The minimum Gasteiger partial charge on any atom is -0.462 e. The molecule has 1 saturated carbocycles. The maximum absolute atomic E-state index is 12.3. The smallest absolute Gasteiger partial charge is 0.343 e. The lowest BCUT2D eigenvalue weighted by atomic mass is 9.71. The van der Waals surface area contributed by atoms with Crippen LogP contribution in [-0.2, 0) is 11.2 Å². The Morgan fingerprint density at radius 1 is 1.21 bits per heavy atom. The molecule has 0 aliphatic heterocycles. The fourth-order valence-corrected chi connectivity index (χ4v) is 3.51. The van der Waals surface area contributed by atoms with E-state index in [1.807, 2.05) is 13.8 Å². The zero-order chi connectivity index (χ0) is 17.7. The SMILES string of the molecule is CCOC(=O)c1c(CC)ncnc1N[C@H]1CC[C@@H](C(C)(C)C)CC1. The van der Waals surface area contributed by atoms with E-state index in [0.29, 0.717) is 35.9 Å². The average molecular weight is 333 g/mol. The topological polar surface area (TPSA) is 64.1 Å². The summed E-state index contributed by atoms with van der Waals surface area (Å²) >= 11 is 0. The molecule has 1 fully saturated rings. The number of ether oxygens (including phenoxy) is 1. The number of carbonyl (C=O) groups excluding carboxylic acids is 1. The monoisotopic (exact) mass is 333 g/mol. The van der Waals surface area contributed by atoms with E-state index in [0.717, 1.165) is 24.5 Å². The van der Waals surface area contributed by atoms with Gasteiger partial charge in [-0.2, -0.15) is 0 Å². The highest BCUT2D eigenvalue weighted by Crippen LogP contribution is 2.38. The summed E-state index contributed by atoms with van der Waals surface area (Å²) in [7, 11) is 0. The number of esters is 1. The lowest BCUT2D eigenvalue weighted by Crippen LogP contribution is -2.32. The predicted octanol–water partition coefficient (Wildman–Crippen LogP) is 4.23. The van der Waals surface area contributed by atoms with E-state index in [1.165, 1.54) is 19.2 Å². The lowest BCUT2D eigenvalue weighted by molar-refractivity contribution is 0.0525. The van der Waals surface area contributed by atoms with Crippen LogP contribution < -0.4 is 5.32 Å². The molecule has 0 bridgehead atoms. The molecule has 1 N–H and O–H groups in total. The van der Waals surface area contributed by atoms with E-state index in [9.17, 15) is 4.79 Å². The molecule has 2 rings (SSSR count). The third-order valence-electron chi connectivity index (χ3n) is 5.03. The van der Waals surface area contributed by atoms with E-state index in [4.69, 9.17) is 4.74 Å². The zero-order valence-corrected chi connectivity index (χ0v) is 15.7. The van der Waals surface area contributed by atoms with Crippen LogP contribution >= 0.6 is 0 Å². The summed E-state index contributed by atoms with van der Waals surface area (Å²) in [6, 6.07) is 0.358. The first kappa shape index (κ1) is 18.7. The fourth-order valence-electron chi connectivity index (χ4n) is 3.51. The van der Waals surface area contributed by atoms with Crippen LogP contribution in [0.4, 0.5) is 5.82 Å². The highest BCUT2D eigenvalue weighted by molar-refractivity contribution is 5.95. The Kier molecular flexibility index (Phi) is 6.19. The summed E-state index contributed by atoms with van der Waals surface area (Å²) in [4.78, 5) is 20.9. The van der Waals surface area contributed by atoms with Crippen molar-refractivity contribution in [2.24, 2.45) is 11.3 Å². The molecule has 1 aromatic rings. The standard InChI is InChI=1S/C19H31N3O2/c1-6-15-16(18(23)24-7-2)17(21-12-20-15)22-14-10-8-13(9-11-14)19(3,4)5/h12-14H,6-11H2,1-5H3,(H,20,21,22)/t13-,14+. The van der Waals surface area contributed by atoms with Crippen molar-refractivity contribution in [2.75, 3.05) is 11.9 Å². The van der Waals surface area contributed by atoms with Gasteiger partial charge in [0.05, 0.1) is 12.3 Å². The Hall–Kier alpha value is -1.65. The van der Waals surface area contributed by atoms with Crippen LogP contribution in [0.25, 0.3) is 0 Å². The van der Waals surface area contributed by atoms with E-state index in [-0.39, 0.29) is 5.97 Å². The summed E-state index contributed by atoms with van der Waals surface area (Å²) in [5.41, 5.74) is 1.61. The third kappa shape index (κ3) is 4.46. The molecular formula is C19H31N3O2. The van der Waals surface area contributed by atoms with Gasteiger partial charge in [0, 0.05) is 6.04 Å².